The Morgan fingerprint density at radius 2 is 1.96 bits per heavy atom. The summed E-state index contributed by atoms with van der Waals surface area (Å²) in [5.41, 5.74) is 3.54. The van der Waals surface area contributed by atoms with Crippen LogP contribution in [0.25, 0.3) is 0 Å². The van der Waals surface area contributed by atoms with Gasteiger partial charge in [-0.1, -0.05) is 46.8 Å². The number of carbonyl (C=O) groups is 2. The Bertz CT molecular complexity index is 807. The van der Waals surface area contributed by atoms with Crippen molar-refractivity contribution >= 4 is 34.0 Å². The molecule has 0 aliphatic rings. The van der Waals surface area contributed by atoms with Gasteiger partial charge in [-0.2, -0.15) is 5.10 Å². The van der Waals surface area contributed by atoms with Gasteiger partial charge in [0.2, 0.25) is 0 Å². The van der Waals surface area contributed by atoms with Gasteiger partial charge in [-0.15, -0.1) is 0 Å². The predicted octanol–water partition coefficient (Wildman–Crippen LogP) is 2.89. The van der Waals surface area contributed by atoms with Gasteiger partial charge in [-0.3, -0.25) is 9.59 Å². The molecule has 2 rings (SSSR count). The van der Waals surface area contributed by atoms with Crippen molar-refractivity contribution in [3.8, 4) is 5.75 Å². The fourth-order valence-electron chi connectivity index (χ4n) is 1.97. The molecule has 2 aromatic rings. The van der Waals surface area contributed by atoms with Crippen molar-refractivity contribution < 1.29 is 14.3 Å². The normalized spacial score (nSPS) is 10.3. The predicted molar refractivity (Wildman–Crippen MR) is 104 cm³/mol. The van der Waals surface area contributed by atoms with Crippen LogP contribution in [0.3, 0.4) is 0 Å². The fraction of sp³-hybridized carbons (Fsp3) is 0.105. The molecule has 2 aromatic carbocycles. The van der Waals surface area contributed by atoms with Gasteiger partial charge in [0, 0.05) is 15.6 Å². The average Bonchev–Trinajstić information content (AvgIpc) is 2.66. The van der Waals surface area contributed by atoms with E-state index < -0.39 is 5.91 Å². The highest BCUT2D eigenvalue weighted by molar-refractivity contribution is 9.10. The molecule has 26 heavy (non-hydrogen) atoms. The van der Waals surface area contributed by atoms with Gasteiger partial charge in [0.05, 0.1) is 12.8 Å². The third-order valence-corrected chi connectivity index (χ3v) is 3.66. The summed E-state index contributed by atoms with van der Waals surface area (Å²) in [4.78, 5) is 23.7. The minimum atomic E-state index is -0.436. The summed E-state index contributed by atoms with van der Waals surface area (Å²) in [6.45, 7) is 3.79. The number of hydrogen-bond acceptors (Lipinski definition) is 4. The van der Waals surface area contributed by atoms with Crippen LogP contribution >= 0.6 is 15.9 Å². The molecule has 7 heteroatoms. The summed E-state index contributed by atoms with van der Waals surface area (Å²) in [5, 5.41) is 6.43. The first-order valence-electron chi connectivity index (χ1n) is 7.78. The quantitative estimate of drug-likeness (QED) is 0.395. The largest absolute Gasteiger partial charge is 0.489 e. The third-order valence-electron chi connectivity index (χ3n) is 3.17. The maximum atomic E-state index is 11.9. The SMILES string of the molecule is C=CCOc1ccc(Br)cc1/C=N\NC(=O)CNC(=O)c1ccccc1. The second-order valence-electron chi connectivity index (χ2n) is 5.12. The number of rotatable bonds is 8. The third kappa shape index (κ3) is 6.18. The van der Waals surface area contributed by atoms with E-state index >= 15 is 0 Å². The first kappa shape index (κ1) is 19.4. The van der Waals surface area contributed by atoms with Gasteiger partial charge in [0.1, 0.15) is 12.4 Å². The molecule has 0 bridgehead atoms. The molecule has 2 N–H and O–H groups in total. The number of hydrazone groups is 1. The maximum absolute atomic E-state index is 11.9. The van der Waals surface area contributed by atoms with E-state index in [2.05, 4.69) is 38.4 Å². The Balaban J connectivity index is 1.87. The molecule has 0 radical (unpaired) electrons. The smallest absolute Gasteiger partial charge is 0.259 e. The summed E-state index contributed by atoms with van der Waals surface area (Å²) in [7, 11) is 0. The van der Waals surface area contributed by atoms with Crippen molar-refractivity contribution in [3.05, 3.63) is 76.8 Å². The van der Waals surface area contributed by atoms with Crippen LogP contribution in [0.1, 0.15) is 15.9 Å². The molecule has 134 valence electrons. The number of halogens is 1. The second kappa shape index (κ2) is 10.1. The van der Waals surface area contributed by atoms with Gasteiger partial charge < -0.3 is 10.1 Å². The molecule has 6 nitrogen and oxygen atoms in total. The Morgan fingerprint density at radius 1 is 1.19 bits per heavy atom. The number of benzene rings is 2. The number of ether oxygens (including phenoxy) is 1. The first-order valence-corrected chi connectivity index (χ1v) is 8.58. The van der Waals surface area contributed by atoms with Crippen molar-refractivity contribution in [2.24, 2.45) is 5.10 Å². The maximum Gasteiger partial charge on any atom is 0.259 e. The van der Waals surface area contributed by atoms with E-state index in [1.165, 1.54) is 6.21 Å². The zero-order valence-electron chi connectivity index (χ0n) is 13.9. The van der Waals surface area contributed by atoms with E-state index in [9.17, 15) is 9.59 Å². The van der Waals surface area contributed by atoms with Crippen LogP contribution in [0.4, 0.5) is 0 Å². The van der Waals surface area contributed by atoms with E-state index in [1.807, 2.05) is 18.2 Å². The summed E-state index contributed by atoms with van der Waals surface area (Å²) in [6.07, 6.45) is 3.11. The van der Waals surface area contributed by atoms with Crippen molar-refractivity contribution in [3.63, 3.8) is 0 Å². The zero-order chi connectivity index (χ0) is 18.8. The van der Waals surface area contributed by atoms with Gasteiger partial charge in [0.15, 0.2) is 0 Å². The topological polar surface area (TPSA) is 79.8 Å². The molecule has 0 aliphatic carbocycles. The van der Waals surface area contributed by atoms with Crippen LogP contribution in [0, 0.1) is 0 Å². The van der Waals surface area contributed by atoms with E-state index in [1.54, 1.807) is 36.4 Å². The lowest BCUT2D eigenvalue weighted by atomic mass is 10.2. The minimum absolute atomic E-state index is 0.177. The highest BCUT2D eigenvalue weighted by Crippen LogP contribution is 2.21. The highest BCUT2D eigenvalue weighted by atomic mass is 79.9. The molecule has 0 saturated carbocycles. The minimum Gasteiger partial charge on any atom is -0.489 e. The van der Waals surface area contributed by atoms with Crippen molar-refractivity contribution in [2.45, 2.75) is 0 Å². The lowest BCUT2D eigenvalue weighted by molar-refractivity contribution is -0.120. The highest BCUT2D eigenvalue weighted by Gasteiger charge is 2.07. The molecule has 0 saturated heterocycles. The summed E-state index contributed by atoms with van der Waals surface area (Å²) < 4.78 is 6.38. The van der Waals surface area contributed by atoms with Gasteiger partial charge in [-0.05, 0) is 30.3 Å². The number of nitrogens with zero attached hydrogens (tertiary/aromatic N) is 1. The molecule has 0 spiro atoms. The zero-order valence-corrected chi connectivity index (χ0v) is 15.5. The van der Waals surface area contributed by atoms with Gasteiger partial charge >= 0.3 is 0 Å². The van der Waals surface area contributed by atoms with Crippen LogP contribution < -0.4 is 15.5 Å². The Morgan fingerprint density at radius 3 is 2.69 bits per heavy atom. The first-order chi connectivity index (χ1) is 12.6. The summed E-state index contributed by atoms with van der Waals surface area (Å²) in [5.74, 6) is -0.144. The fourth-order valence-corrected chi connectivity index (χ4v) is 2.34. The average molecular weight is 416 g/mol. The number of carbonyl (C=O) groups excluding carboxylic acids is 2. The van der Waals surface area contributed by atoms with E-state index in [0.29, 0.717) is 23.5 Å². The van der Waals surface area contributed by atoms with Gasteiger partial charge in [-0.25, -0.2) is 5.43 Å². The van der Waals surface area contributed by atoms with Crippen molar-refractivity contribution in [2.75, 3.05) is 13.2 Å². The monoisotopic (exact) mass is 415 g/mol. The van der Waals surface area contributed by atoms with Crippen molar-refractivity contribution in [1.29, 1.82) is 0 Å². The van der Waals surface area contributed by atoms with Crippen molar-refractivity contribution in [1.82, 2.24) is 10.7 Å². The van der Waals surface area contributed by atoms with Crippen LogP contribution in [0.15, 0.2) is 70.8 Å². The summed E-state index contributed by atoms with van der Waals surface area (Å²) >= 11 is 3.38. The second-order valence-corrected chi connectivity index (χ2v) is 6.04. The number of amides is 2. The molecule has 0 heterocycles. The van der Waals surface area contributed by atoms with E-state index in [0.717, 1.165) is 4.47 Å². The Kier molecular flexibility index (Phi) is 7.57. The van der Waals surface area contributed by atoms with Crippen LogP contribution in [-0.2, 0) is 4.79 Å². The molecule has 0 aromatic heterocycles. The Labute approximate surface area is 160 Å². The van der Waals surface area contributed by atoms with Crippen LogP contribution in [0.2, 0.25) is 0 Å². The molecular weight excluding hydrogens is 398 g/mol. The molecule has 0 fully saturated rings. The summed E-state index contributed by atoms with van der Waals surface area (Å²) in [6, 6.07) is 14.1. The molecular formula is C19H18BrN3O3. The lowest BCUT2D eigenvalue weighted by Gasteiger charge is -2.07. The van der Waals surface area contributed by atoms with E-state index in [-0.39, 0.29) is 12.5 Å². The molecule has 0 unspecified atom stereocenters. The van der Waals surface area contributed by atoms with E-state index in [4.69, 9.17) is 4.74 Å². The molecule has 0 aliphatic heterocycles. The van der Waals surface area contributed by atoms with Gasteiger partial charge in [0.25, 0.3) is 11.8 Å². The lowest BCUT2D eigenvalue weighted by Crippen LogP contribution is -2.34. The van der Waals surface area contributed by atoms with Crippen LogP contribution in [-0.4, -0.2) is 31.2 Å². The standard InChI is InChI=1S/C19H18BrN3O3/c1-2-10-26-17-9-8-16(20)11-15(17)12-22-23-18(24)13-21-19(25)14-6-4-3-5-7-14/h2-9,11-12H,1,10,13H2,(H,21,25)(H,23,24)/b22-12-. The molecule has 2 amide bonds. The number of hydrogen-bond donors (Lipinski definition) is 2. The van der Waals surface area contributed by atoms with Crippen LogP contribution in [0.5, 0.6) is 5.75 Å². The Hall–Kier alpha value is -2.93. The molecule has 0 atom stereocenters. The number of nitrogens with one attached hydrogen (secondary N) is 2.